The molecule has 0 bridgehead atoms. The molecule has 1 N–H and O–H groups in total. The van der Waals surface area contributed by atoms with Crippen LogP contribution in [-0.2, 0) is 19.0 Å². The van der Waals surface area contributed by atoms with Gasteiger partial charge in [-0.3, -0.25) is 0 Å². The van der Waals surface area contributed by atoms with Crippen molar-refractivity contribution in [1.29, 1.82) is 0 Å². The quantitative estimate of drug-likeness (QED) is 0.673. The van der Waals surface area contributed by atoms with Crippen molar-refractivity contribution < 1.29 is 28.6 Å². The van der Waals surface area contributed by atoms with Gasteiger partial charge in [-0.1, -0.05) is 11.8 Å². The van der Waals surface area contributed by atoms with Crippen LogP contribution in [0.1, 0.15) is 26.3 Å². The maximum absolute atomic E-state index is 12.2. The van der Waals surface area contributed by atoms with Crippen molar-refractivity contribution in [2.75, 3.05) is 21.3 Å². The Morgan fingerprint density at radius 3 is 2.29 bits per heavy atom. The van der Waals surface area contributed by atoms with Crippen LogP contribution in [0.15, 0.2) is 22.1 Å². The number of carbonyl (C=O) groups excluding carboxylic acids is 3. The lowest BCUT2D eigenvalue weighted by Gasteiger charge is -2.15. The Hall–Kier alpha value is -2.74. The Labute approximate surface area is 140 Å². The summed E-state index contributed by atoms with van der Waals surface area (Å²) in [5.74, 6) is -1.79. The van der Waals surface area contributed by atoms with Crippen molar-refractivity contribution >= 4 is 46.6 Å². The maximum Gasteiger partial charge on any atom is 0.344 e. The molecule has 24 heavy (non-hydrogen) atoms. The zero-order valence-corrected chi connectivity index (χ0v) is 13.9. The molecule has 124 valence electrons. The van der Waals surface area contributed by atoms with Gasteiger partial charge in [-0.25, -0.2) is 14.4 Å². The number of thioether (sulfide) groups is 1. The highest BCUT2D eigenvalue weighted by molar-refractivity contribution is 8.04. The fraction of sp³-hybridized carbons (Fsp3) is 0.188. The summed E-state index contributed by atoms with van der Waals surface area (Å²) < 4.78 is 14.3. The Morgan fingerprint density at radius 1 is 1.00 bits per heavy atom. The van der Waals surface area contributed by atoms with Crippen LogP contribution in [0.5, 0.6) is 0 Å². The number of esters is 3. The lowest BCUT2D eigenvalue weighted by atomic mass is 10.0. The standard InChI is InChI=1S/C16H13NO6S/c1-21-14(18)8-5-9-11-7(4-10(24-9)15(19)22-2)6-17-13(11)12(8)16(20)23-3/h4-6,17H,1-3H3. The average Bonchev–Trinajstić information content (AvgIpc) is 3.04. The van der Waals surface area contributed by atoms with Gasteiger partial charge in [0.15, 0.2) is 0 Å². The molecule has 2 aromatic rings. The van der Waals surface area contributed by atoms with Crippen LogP contribution in [0.4, 0.5) is 0 Å². The topological polar surface area (TPSA) is 94.7 Å². The number of benzene rings is 1. The minimum atomic E-state index is -0.667. The number of ether oxygens (including phenoxy) is 3. The number of aromatic nitrogens is 1. The number of hydrogen-bond acceptors (Lipinski definition) is 7. The van der Waals surface area contributed by atoms with E-state index in [0.29, 0.717) is 15.3 Å². The van der Waals surface area contributed by atoms with Gasteiger partial charge in [0, 0.05) is 22.0 Å². The normalized spacial score (nSPS) is 12.5. The third-order valence-corrected chi connectivity index (χ3v) is 4.69. The summed E-state index contributed by atoms with van der Waals surface area (Å²) in [6.45, 7) is 0. The summed E-state index contributed by atoms with van der Waals surface area (Å²) in [5.41, 5.74) is 1.35. The number of aromatic amines is 1. The molecule has 0 spiro atoms. The predicted octanol–water partition coefficient (Wildman–Crippen LogP) is 2.36. The second-order valence-electron chi connectivity index (χ2n) is 4.88. The molecule has 7 nitrogen and oxygen atoms in total. The van der Waals surface area contributed by atoms with Gasteiger partial charge in [0.25, 0.3) is 0 Å². The summed E-state index contributed by atoms with van der Waals surface area (Å²) in [4.78, 5) is 40.1. The molecular weight excluding hydrogens is 334 g/mol. The van der Waals surface area contributed by atoms with Crippen LogP contribution < -0.4 is 0 Å². The highest BCUT2D eigenvalue weighted by atomic mass is 32.2. The van der Waals surface area contributed by atoms with E-state index < -0.39 is 17.9 Å². The SMILES string of the molecule is COC(=O)C1=Cc2c[nH]c3c(C(=O)OC)c(C(=O)OC)cc(c23)S1. The molecule has 0 atom stereocenters. The highest BCUT2D eigenvalue weighted by Gasteiger charge is 2.29. The van der Waals surface area contributed by atoms with E-state index in [1.165, 1.54) is 27.4 Å². The van der Waals surface area contributed by atoms with Crippen molar-refractivity contribution in [1.82, 2.24) is 4.98 Å². The van der Waals surface area contributed by atoms with Crippen molar-refractivity contribution in [3.63, 3.8) is 0 Å². The molecule has 1 aliphatic heterocycles. The summed E-state index contributed by atoms with van der Waals surface area (Å²) in [6, 6.07) is 1.53. The summed E-state index contributed by atoms with van der Waals surface area (Å²) in [6.07, 6.45) is 3.32. The zero-order valence-electron chi connectivity index (χ0n) is 13.1. The molecule has 8 heteroatoms. The summed E-state index contributed by atoms with van der Waals surface area (Å²) in [7, 11) is 3.77. The van der Waals surface area contributed by atoms with E-state index in [1.807, 2.05) is 0 Å². The zero-order chi connectivity index (χ0) is 17.4. The van der Waals surface area contributed by atoms with Crippen molar-refractivity contribution in [2.45, 2.75) is 4.90 Å². The summed E-state index contributed by atoms with van der Waals surface area (Å²) in [5, 5.41) is 0.737. The fourth-order valence-corrected chi connectivity index (χ4v) is 3.67. The van der Waals surface area contributed by atoms with E-state index in [2.05, 4.69) is 4.98 Å². The fourth-order valence-electron chi connectivity index (χ4n) is 2.58. The molecular formula is C16H13NO6S. The molecule has 0 unspecified atom stereocenters. The molecule has 0 saturated carbocycles. The minimum Gasteiger partial charge on any atom is -0.465 e. The van der Waals surface area contributed by atoms with E-state index in [4.69, 9.17) is 14.2 Å². The van der Waals surface area contributed by atoms with Crippen LogP contribution in [0.3, 0.4) is 0 Å². The highest BCUT2D eigenvalue weighted by Crippen LogP contribution is 2.43. The van der Waals surface area contributed by atoms with Crippen molar-refractivity contribution in [3.8, 4) is 0 Å². The maximum atomic E-state index is 12.2. The van der Waals surface area contributed by atoms with Crippen LogP contribution in [-0.4, -0.2) is 44.2 Å². The molecule has 1 aromatic carbocycles. The van der Waals surface area contributed by atoms with E-state index >= 15 is 0 Å². The first-order valence-corrected chi connectivity index (χ1v) is 7.66. The Bertz CT molecular complexity index is 911. The third kappa shape index (κ3) is 2.35. The van der Waals surface area contributed by atoms with Gasteiger partial charge in [-0.15, -0.1) is 0 Å². The first-order valence-electron chi connectivity index (χ1n) is 6.84. The average molecular weight is 347 g/mol. The number of methoxy groups -OCH3 is 3. The van der Waals surface area contributed by atoms with Crippen LogP contribution in [0.2, 0.25) is 0 Å². The van der Waals surface area contributed by atoms with E-state index in [0.717, 1.165) is 22.7 Å². The smallest absolute Gasteiger partial charge is 0.344 e. The largest absolute Gasteiger partial charge is 0.465 e. The van der Waals surface area contributed by atoms with E-state index in [-0.39, 0.29) is 11.1 Å². The second-order valence-corrected chi connectivity index (χ2v) is 5.96. The molecule has 0 saturated heterocycles. The molecule has 0 amide bonds. The Balaban J connectivity index is 2.31. The molecule has 2 heterocycles. The van der Waals surface area contributed by atoms with Gasteiger partial charge < -0.3 is 19.2 Å². The van der Waals surface area contributed by atoms with Gasteiger partial charge in [-0.2, -0.15) is 0 Å². The van der Waals surface area contributed by atoms with Crippen LogP contribution in [0.25, 0.3) is 17.0 Å². The number of hydrogen-bond donors (Lipinski definition) is 1. The first-order chi connectivity index (χ1) is 11.5. The molecule has 3 rings (SSSR count). The van der Waals surface area contributed by atoms with Gasteiger partial charge in [-0.05, 0) is 12.1 Å². The number of H-pyrrole nitrogens is 1. The molecule has 0 radical (unpaired) electrons. The first kappa shape index (κ1) is 16.1. The van der Waals surface area contributed by atoms with Crippen LogP contribution >= 0.6 is 11.8 Å². The van der Waals surface area contributed by atoms with Crippen molar-refractivity contribution in [3.05, 3.63) is 33.9 Å². The third-order valence-electron chi connectivity index (χ3n) is 3.64. The molecule has 0 fully saturated rings. The Kier molecular flexibility index (Phi) is 4.06. The lowest BCUT2D eigenvalue weighted by molar-refractivity contribution is -0.135. The number of rotatable bonds is 3. The monoisotopic (exact) mass is 347 g/mol. The minimum absolute atomic E-state index is 0.0684. The van der Waals surface area contributed by atoms with Gasteiger partial charge in [0.2, 0.25) is 0 Å². The number of nitrogens with one attached hydrogen (secondary N) is 1. The molecule has 0 aliphatic carbocycles. The Morgan fingerprint density at radius 2 is 1.67 bits per heavy atom. The van der Waals surface area contributed by atoms with E-state index in [9.17, 15) is 14.4 Å². The van der Waals surface area contributed by atoms with Gasteiger partial charge in [0.05, 0.1) is 42.9 Å². The lowest BCUT2D eigenvalue weighted by Crippen LogP contribution is -2.13. The van der Waals surface area contributed by atoms with Crippen LogP contribution in [0, 0.1) is 0 Å². The summed E-state index contributed by atoms with van der Waals surface area (Å²) >= 11 is 1.16. The number of carbonyl (C=O) groups is 3. The molecule has 1 aromatic heterocycles. The van der Waals surface area contributed by atoms with Crippen molar-refractivity contribution in [2.24, 2.45) is 0 Å². The van der Waals surface area contributed by atoms with Gasteiger partial charge >= 0.3 is 17.9 Å². The predicted molar refractivity (Wildman–Crippen MR) is 86.8 cm³/mol. The van der Waals surface area contributed by atoms with E-state index in [1.54, 1.807) is 12.3 Å². The van der Waals surface area contributed by atoms with Gasteiger partial charge in [0.1, 0.15) is 0 Å². The molecule has 1 aliphatic rings. The second kappa shape index (κ2) is 6.04.